The van der Waals surface area contributed by atoms with Crippen LogP contribution < -0.4 is 5.32 Å². The summed E-state index contributed by atoms with van der Waals surface area (Å²) in [6.07, 6.45) is 0. The summed E-state index contributed by atoms with van der Waals surface area (Å²) in [6.45, 7) is 0.527. The number of halogens is 2. The number of ether oxygens (including phenoxy) is 1. The maximum Gasteiger partial charge on any atom is 0.338 e. The van der Waals surface area contributed by atoms with Gasteiger partial charge in [0.25, 0.3) is 0 Å². The first-order valence-electron chi connectivity index (χ1n) is 5.97. The molecule has 3 nitrogen and oxygen atoms in total. The zero-order valence-electron chi connectivity index (χ0n) is 10.8. The molecule has 0 saturated heterocycles. The van der Waals surface area contributed by atoms with E-state index in [4.69, 9.17) is 16.3 Å². The summed E-state index contributed by atoms with van der Waals surface area (Å²) in [5.74, 6) is -0.334. The second kappa shape index (κ2) is 6.77. The second-order valence-corrected chi connectivity index (χ2v) is 5.39. The lowest BCUT2D eigenvalue weighted by Gasteiger charge is -2.10. The minimum absolute atomic E-state index is 0.334. The molecular weight excluding hydrogens is 342 g/mol. The first-order valence-corrected chi connectivity index (χ1v) is 7.14. The maximum absolute atomic E-state index is 11.7. The molecule has 0 amide bonds. The number of anilines is 1. The van der Waals surface area contributed by atoms with Crippen LogP contribution in [0.5, 0.6) is 0 Å². The molecule has 2 rings (SSSR count). The molecule has 5 heteroatoms. The van der Waals surface area contributed by atoms with E-state index in [0.717, 1.165) is 15.7 Å². The normalized spacial score (nSPS) is 10.2. The van der Waals surface area contributed by atoms with Crippen LogP contribution in [0, 0.1) is 0 Å². The fourth-order valence-corrected chi connectivity index (χ4v) is 2.28. The Hall–Kier alpha value is -1.52. The van der Waals surface area contributed by atoms with E-state index in [1.807, 2.05) is 30.3 Å². The Balaban J connectivity index is 2.14. The van der Waals surface area contributed by atoms with Crippen LogP contribution in [0.25, 0.3) is 0 Å². The third kappa shape index (κ3) is 3.52. The van der Waals surface area contributed by atoms with Crippen LogP contribution in [-0.2, 0) is 11.3 Å². The average molecular weight is 355 g/mol. The molecule has 0 aliphatic rings. The van der Waals surface area contributed by atoms with Crippen LogP contribution in [-0.4, -0.2) is 13.1 Å². The third-order valence-electron chi connectivity index (χ3n) is 2.83. The largest absolute Gasteiger partial charge is 0.465 e. The van der Waals surface area contributed by atoms with Crippen molar-refractivity contribution in [2.75, 3.05) is 12.4 Å². The minimum Gasteiger partial charge on any atom is -0.465 e. The van der Waals surface area contributed by atoms with Crippen LogP contribution in [0.3, 0.4) is 0 Å². The summed E-state index contributed by atoms with van der Waals surface area (Å²) in [5.41, 5.74) is 2.36. The van der Waals surface area contributed by atoms with Crippen LogP contribution in [0.1, 0.15) is 15.9 Å². The van der Waals surface area contributed by atoms with E-state index in [1.54, 1.807) is 12.1 Å². The fraction of sp³-hybridized carbons (Fsp3) is 0.133. The summed E-state index contributed by atoms with van der Waals surface area (Å²) in [4.78, 5) is 11.7. The number of hydrogen-bond acceptors (Lipinski definition) is 3. The van der Waals surface area contributed by atoms with Crippen molar-refractivity contribution in [1.29, 1.82) is 0 Å². The molecule has 2 aromatic rings. The molecule has 0 aromatic heterocycles. The van der Waals surface area contributed by atoms with Gasteiger partial charge in [0.05, 0.1) is 17.7 Å². The molecule has 0 bridgehead atoms. The number of carbonyl (C=O) groups excluding carboxylic acids is 1. The summed E-state index contributed by atoms with van der Waals surface area (Å²) in [6, 6.07) is 12.9. The van der Waals surface area contributed by atoms with E-state index in [-0.39, 0.29) is 5.97 Å². The number of rotatable bonds is 4. The monoisotopic (exact) mass is 353 g/mol. The molecular formula is C15H13BrClNO2. The van der Waals surface area contributed by atoms with Crippen LogP contribution >= 0.6 is 27.5 Å². The Morgan fingerprint density at radius 3 is 2.75 bits per heavy atom. The average Bonchev–Trinajstić information content (AvgIpc) is 2.48. The minimum atomic E-state index is -0.334. The number of methoxy groups -OCH3 is 1. The zero-order chi connectivity index (χ0) is 14.5. The molecule has 104 valence electrons. The van der Waals surface area contributed by atoms with E-state index in [0.29, 0.717) is 17.1 Å². The molecule has 20 heavy (non-hydrogen) atoms. The molecule has 0 aliphatic heterocycles. The molecule has 2 aromatic carbocycles. The highest BCUT2D eigenvalue weighted by Crippen LogP contribution is 2.26. The molecule has 0 atom stereocenters. The quantitative estimate of drug-likeness (QED) is 0.822. The van der Waals surface area contributed by atoms with E-state index >= 15 is 0 Å². The smallest absolute Gasteiger partial charge is 0.338 e. The fourth-order valence-electron chi connectivity index (χ4n) is 1.79. The lowest BCUT2D eigenvalue weighted by Crippen LogP contribution is -2.09. The Labute approximate surface area is 131 Å². The topological polar surface area (TPSA) is 38.3 Å². The van der Waals surface area contributed by atoms with Gasteiger partial charge in [0.15, 0.2) is 0 Å². The summed E-state index contributed by atoms with van der Waals surface area (Å²) >= 11 is 9.32. The number of esters is 1. The van der Waals surface area contributed by atoms with Gasteiger partial charge < -0.3 is 10.1 Å². The van der Waals surface area contributed by atoms with E-state index in [2.05, 4.69) is 21.2 Å². The van der Waals surface area contributed by atoms with Crippen molar-refractivity contribution in [2.24, 2.45) is 0 Å². The van der Waals surface area contributed by atoms with Crippen molar-refractivity contribution in [3.63, 3.8) is 0 Å². The van der Waals surface area contributed by atoms with Crippen molar-refractivity contribution >= 4 is 39.2 Å². The van der Waals surface area contributed by atoms with Gasteiger partial charge in [-0.1, -0.05) is 29.8 Å². The molecule has 0 aliphatic carbocycles. The van der Waals surface area contributed by atoms with E-state index < -0.39 is 0 Å². The third-order valence-corrected chi connectivity index (χ3v) is 4.04. The van der Waals surface area contributed by atoms with Gasteiger partial charge in [0, 0.05) is 16.7 Å². The van der Waals surface area contributed by atoms with Crippen molar-refractivity contribution in [2.45, 2.75) is 6.54 Å². The summed E-state index contributed by atoms with van der Waals surface area (Å²) < 4.78 is 5.60. The van der Waals surface area contributed by atoms with Gasteiger partial charge in [-0.05, 0) is 45.8 Å². The Bertz CT molecular complexity index is 631. The Kier molecular flexibility index (Phi) is 5.04. The number of nitrogens with one attached hydrogen (secondary N) is 1. The van der Waals surface area contributed by atoms with E-state index in [1.165, 1.54) is 7.11 Å². The van der Waals surface area contributed by atoms with Gasteiger partial charge in [-0.3, -0.25) is 0 Å². The van der Waals surface area contributed by atoms with Gasteiger partial charge in [0.2, 0.25) is 0 Å². The van der Waals surface area contributed by atoms with Crippen molar-refractivity contribution in [1.82, 2.24) is 0 Å². The van der Waals surface area contributed by atoms with Crippen LogP contribution in [0.4, 0.5) is 5.69 Å². The molecule has 0 unspecified atom stereocenters. The number of hydrogen-bond donors (Lipinski definition) is 1. The SMILES string of the molecule is COC(=O)c1ccccc1CNc1ccc(Cl)c(Br)c1. The van der Waals surface area contributed by atoms with Gasteiger partial charge in [-0.15, -0.1) is 0 Å². The van der Waals surface area contributed by atoms with Gasteiger partial charge >= 0.3 is 5.97 Å². The predicted molar refractivity (Wildman–Crippen MR) is 84.3 cm³/mol. The predicted octanol–water partition coefficient (Wildman–Crippen LogP) is 4.50. The lowest BCUT2D eigenvalue weighted by molar-refractivity contribution is 0.0599. The Morgan fingerprint density at radius 1 is 1.30 bits per heavy atom. The molecule has 0 heterocycles. The van der Waals surface area contributed by atoms with Crippen LogP contribution in [0.15, 0.2) is 46.9 Å². The van der Waals surface area contributed by atoms with Gasteiger partial charge in [-0.25, -0.2) is 4.79 Å². The highest BCUT2D eigenvalue weighted by molar-refractivity contribution is 9.10. The molecule has 0 radical (unpaired) electrons. The summed E-state index contributed by atoms with van der Waals surface area (Å²) in [5, 5.41) is 3.91. The Morgan fingerprint density at radius 2 is 2.05 bits per heavy atom. The standard InChI is InChI=1S/C15H13BrClNO2/c1-20-15(19)12-5-3-2-4-10(12)9-18-11-6-7-14(17)13(16)8-11/h2-8,18H,9H2,1H3. The number of benzene rings is 2. The van der Waals surface area contributed by atoms with Crippen LogP contribution in [0.2, 0.25) is 5.02 Å². The molecule has 0 fully saturated rings. The lowest BCUT2D eigenvalue weighted by atomic mass is 10.1. The second-order valence-electron chi connectivity index (χ2n) is 4.13. The van der Waals surface area contributed by atoms with Crippen molar-refractivity contribution < 1.29 is 9.53 Å². The van der Waals surface area contributed by atoms with Gasteiger partial charge in [-0.2, -0.15) is 0 Å². The first kappa shape index (κ1) is 14.9. The van der Waals surface area contributed by atoms with E-state index in [9.17, 15) is 4.79 Å². The highest BCUT2D eigenvalue weighted by atomic mass is 79.9. The molecule has 0 spiro atoms. The van der Waals surface area contributed by atoms with Gasteiger partial charge in [0.1, 0.15) is 0 Å². The molecule has 0 saturated carbocycles. The highest BCUT2D eigenvalue weighted by Gasteiger charge is 2.10. The first-order chi connectivity index (χ1) is 9.61. The number of carbonyl (C=O) groups is 1. The molecule has 1 N–H and O–H groups in total. The maximum atomic E-state index is 11.7. The van der Waals surface area contributed by atoms with Crippen molar-refractivity contribution in [3.05, 3.63) is 63.1 Å². The van der Waals surface area contributed by atoms with Crippen molar-refractivity contribution in [3.8, 4) is 0 Å². The zero-order valence-corrected chi connectivity index (χ0v) is 13.2. The summed E-state index contributed by atoms with van der Waals surface area (Å²) in [7, 11) is 1.38.